The molecule has 3 heteroatoms. The Hall–Kier alpha value is -1.06. The largest absolute Gasteiger partial charge is 0.494 e. The SMILES string of the molecule is CCOc1ccccc1CN1CCCC(C)(O)CC1. The predicted molar refractivity (Wildman–Crippen MR) is 77.4 cm³/mol. The molecule has 0 radical (unpaired) electrons. The summed E-state index contributed by atoms with van der Waals surface area (Å²) in [6, 6.07) is 8.24. The highest BCUT2D eigenvalue weighted by molar-refractivity contribution is 5.33. The van der Waals surface area contributed by atoms with Crippen LogP contribution in [0.4, 0.5) is 0 Å². The van der Waals surface area contributed by atoms with Crippen molar-refractivity contribution in [3.05, 3.63) is 29.8 Å². The summed E-state index contributed by atoms with van der Waals surface area (Å²) in [6.45, 7) is 7.58. The van der Waals surface area contributed by atoms with Gasteiger partial charge in [-0.15, -0.1) is 0 Å². The molecule has 0 amide bonds. The number of para-hydroxylation sites is 1. The molecule has 0 aliphatic carbocycles. The summed E-state index contributed by atoms with van der Waals surface area (Å²) in [7, 11) is 0. The van der Waals surface area contributed by atoms with Gasteiger partial charge in [-0.3, -0.25) is 4.90 Å². The van der Waals surface area contributed by atoms with Gasteiger partial charge in [-0.2, -0.15) is 0 Å². The van der Waals surface area contributed by atoms with Crippen molar-refractivity contribution >= 4 is 0 Å². The quantitative estimate of drug-likeness (QED) is 0.906. The maximum absolute atomic E-state index is 10.1. The van der Waals surface area contributed by atoms with Crippen molar-refractivity contribution in [2.75, 3.05) is 19.7 Å². The molecule has 3 nitrogen and oxygen atoms in total. The minimum atomic E-state index is -0.492. The molecule has 19 heavy (non-hydrogen) atoms. The summed E-state index contributed by atoms with van der Waals surface area (Å²) >= 11 is 0. The Kier molecular flexibility index (Phi) is 4.83. The first-order valence-corrected chi connectivity index (χ1v) is 7.26. The maximum Gasteiger partial charge on any atom is 0.123 e. The molecule has 1 aliphatic heterocycles. The van der Waals surface area contributed by atoms with Crippen LogP contribution in [-0.4, -0.2) is 35.3 Å². The minimum Gasteiger partial charge on any atom is -0.494 e. The smallest absolute Gasteiger partial charge is 0.123 e. The summed E-state index contributed by atoms with van der Waals surface area (Å²) in [4.78, 5) is 2.42. The zero-order valence-corrected chi connectivity index (χ0v) is 12.1. The Labute approximate surface area is 116 Å². The lowest BCUT2D eigenvalue weighted by Crippen LogP contribution is -2.28. The van der Waals surface area contributed by atoms with Gasteiger partial charge < -0.3 is 9.84 Å². The van der Waals surface area contributed by atoms with Gasteiger partial charge in [0.2, 0.25) is 0 Å². The molecule has 0 bridgehead atoms. The van der Waals surface area contributed by atoms with Crippen LogP contribution < -0.4 is 4.74 Å². The summed E-state index contributed by atoms with van der Waals surface area (Å²) in [5, 5.41) is 10.1. The zero-order chi connectivity index (χ0) is 13.7. The lowest BCUT2D eigenvalue weighted by atomic mass is 9.98. The van der Waals surface area contributed by atoms with E-state index in [1.54, 1.807) is 0 Å². The van der Waals surface area contributed by atoms with Crippen LogP contribution in [0.2, 0.25) is 0 Å². The van der Waals surface area contributed by atoms with Crippen LogP contribution in [0.15, 0.2) is 24.3 Å². The molecule has 1 aromatic carbocycles. The molecule has 0 aromatic heterocycles. The Balaban J connectivity index is 2.01. The third-order valence-electron chi connectivity index (χ3n) is 3.82. The van der Waals surface area contributed by atoms with E-state index in [0.29, 0.717) is 6.61 Å². The number of likely N-dealkylation sites (tertiary alicyclic amines) is 1. The number of benzene rings is 1. The molecule has 1 unspecified atom stereocenters. The number of hydrogen-bond donors (Lipinski definition) is 1. The van der Waals surface area contributed by atoms with Gasteiger partial charge >= 0.3 is 0 Å². The Morgan fingerprint density at radius 3 is 2.84 bits per heavy atom. The third-order valence-corrected chi connectivity index (χ3v) is 3.82. The van der Waals surface area contributed by atoms with Gasteiger partial charge in [0.1, 0.15) is 5.75 Å². The number of hydrogen-bond acceptors (Lipinski definition) is 3. The molecule has 2 rings (SSSR count). The van der Waals surface area contributed by atoms with Crippen molar-refractivity contribution in [3.8, 4) is 5.75 Å². The molecule has 1 atom stereocenters. The van der Waals surface area contributed by atoms with Crippen molar-refractivity contribution in [1.82, 2.24) is 4.90 Å². The minimum absolute atomic E-state index is 0.492. The monoisotopic (exact) mass is 263 g/mol. The van der Waals surface area contributed by atoms with Gasteiger partial charge in [-0.1, -0.05) is 18.2 Å². The van der Waals surface area contributed by atoms with E-state index >= 15 is 0 Å². The Morgan fingerprint density at radius 2 is 2.05 bits per heavy atom. The third kappa shape index (κ3) is 4.22. The van der Waals surface area contributed by atoms with E-state index in [4.69, 9.17) is 4.74 Å². The average Bonchev–Trinajstić information content (AvgIpc) is 2.54. The molecule has 1 fully saturated rings. The molecule has 0 saturated carbocycles. The first-order chi connectivity index (χ1) is 9.11. The first kappa shape index (κ1) is 14.4. The van der Waals surface area contributed by atoms with E-state index < -0.39 is 5.60 Å². The fourth-order valence-electron chi connectivity index (χ4n) is 2.65. The molecular weight excluding hydrogens is 238 g/mol. The highest BCUT2D eigenvalue weighted by Crippen LogP contribution is 2.25. The van der Waals surface area contributed by atoms with Gasteiger partial charge in [-0.25, -0.2) is 0 Å². The van der Waals surface area contributed by atoms with Gasteiger partial charge in [0, 0.05) is 18.7 Å². The van der Waals surface area contributed by atoms with Gasteiger partial charge in [0.15, 0.2) is 0 Å². The average molecular weight is 263 g/mol. The van der Waals surface area contributed by atoms with Crippen LogP contribution in [0.5, 0.6) is 5.75 Å². The number of rotatable bonds is 4. The number of aliphatic hydroxyl groups is 1. The Bertz CT molecular complexity index is 403. The van der Waals surface area contributed by atoms with Crippen molar-refractivity contribution in [2.24, 2.45) is 0 Å². The van der Waals surface area contributed by atoms with E-state index in [0.717, 1.165) is 44.6 Å². The predicted octanol–water partition coefficient (Wildman–Crippen LogP) is 2.82. The van der Waals surface area contributed by atoms with Gasteiger partial charge in [0.25, 0.3) is 0 Å². The van der Waals surface area contributed by atoms with Crippen LogP contribution >= 0.6 is 0 Å². The lowest BCUT2D eigenvalue weighted by molar-refractivity contribution is 0.0444. The molecule has 1 aromatic rings. The molecule has 1 saturated heterocycles. The second kappa shape index (κ2) is 6.40. The number of nitrogens with zero attached hydrogens (tertiary/aromatic N) is 1. The van der Waals surface area contributed by atoms with Crippen LogP contribution in [0.1, 0.15) is 38.7 Å². The van der Waals surface area contributed by atoms with Crippen molar-refractivity contribution < 1.29 is 9.84 Å². The standard InChI is InChI=1S/C16H25NO2/c1-3-19-15-8-5-4-7-14(15)13-17-11-6-9-16(2,18)10-12-17/h4-5,7-8,18H,3,6,9-13H2,1-2H3. The van der Waals surface area contributed by atoms with E-state index in [1.165, 1.54) is 5.56 Å². The van der Waals surface area contributed by atoms with E-state index in [2.05, 4.69) is 17.0 Å². The number of ether oxygens (including phenoxy) is 1. The molecule has 1 N–H and O–H groups in total. The fraction of sp³-hybridized carbons (Fsp3) is 0.625. The second-order valence-corrected chi connectivity index (χ2v) is 5.67. The topological polar surface area (TPSA) is 32.7 Å². The van der Waals surface area contributed by atoms with Crippen LogP contribution in [-0.2, 0) is 6.54 Å². The van der Waals surface area contributed by atoms with Crippen LogP contribution in [0.25, 0.3) is 0 Å². The van der Waals surface area contributed by atoms with Crippen molar-refractivity contribution in [2.45, 2.75) is 45.3 Å². The molecule has 106 valence electrons. The van der Waals surface area contributed by atoms with E-state index in [-0.39, 0.29) is 0 Å². The fourth-order valence-corrected chi connectivity index (χ4v) is 2.65. The molecule has 1 heterocycles. The van der Waals surface area contributed by atoms with E-state index in [1.807, 2.05) is 26.0 Å². The second-order valence-electron chi connectivity index (χ2n) is 5.67. The van der Waals surface area contributed by atoms with Crippen LogP contribution in [0, 0.1) is 0 Å². The summed E-state index contributed by atoms with van der Waals surface area (Å²) in [5.74, 6) is 0.987. The highest BCUT2D eigenvalue weighted by Gasteiger charge is 2.25. The van der Waals surface area contributed by atoms with Gasteiger partial charge in [0.05, 0.1) is 12.2 Å². The molecule has 1 aliphatic rings. The summed E-state index contributed by atoms with van der Waals surface area (Å²) in [5.41, 5.74) is 0.750. The maximum atomic E-state index is 10.1. The van der Waals surface area contributed by atoms with Crippen molar-refractivity contribution in [3.63, 3.8) is 0 Å². The van der Waals surface area contributed by atoms with Crippen LogP contribution in [0.3, 0.4) is 0 Å². The first-order valence-electron chi connectivity index (χ1n) is 7.26. The summed E-state index contributed by atoms with van der Waals surface area (Å²) in [6.07, 6.45) is 2.81. The van der Waals surface area contributed by atoms with E-state index in [9.17, 15) is 5.11 Å². The van der Waals surface area contributed by atoms with Gasteiger partial charge in [-0.05, 0) is 45.7 Å². The normalized spacial score (nSPS) is 25.0. The molecular formula is C16H25NO2. The summed E-state index contributed by atoms with van der Waals surface area (Å²) < 4.78 is 5.67. The van der Waals surface area contributed by atoms with Crippen molar-refractivity contribution in [1.29, 1.82) is 0 Å². The zero-order valence-electron chi connectivity index (χ0n) is 12.1. The molecule has 0 spiro atoms. The lowest BCUT2D eigenvalue weighted by Gasteiger charge is -2.23. The Morgan fingerprint density at radius 1 is 1.26 bits per heavy atom. The highest BCUT2D eigenvalue weighted by atomic mass is 16.5.